The summed E-state index contributed by atoms with van der Waals surface area (Å²) >= 11 is 6.05. The Balaban J connectivity index is 0.00000220. The van der Waals surface area contributed by atoms with E-state index >= 15 is 0 Å². The minimum Gasteiger partial charge on any atom is -0.495 e. The van der Waals surface area contributed by atoms with Gasteiger partial charge < -0.3 is 20.5 Å². The number of hydrogen-bond donors (Lipinski definition) is 2. The maximum atomic E-state index is 6.05. The van der Waals surface area contributed by atoms with Crippen molar-refractivity contribution in [2.45, 2.75) is 12.8 Å². The summed E-state index contributed by atoms with van der Waals surface area (Å²) in [7, 11) is 1.58. The number of benzene rings is 1. The molecule has 0 aromatic heterocycles. The lowest BCUT2D eigenvalue weighted by Crippen LogP contribution is -2.26. The van der Waals surface area contributed by atoms with Gasteiger partial charge in [-0.3, -0.25) is 4.99 Å². The summed E-state index contributed by atoms with van der Waals surface area (Å²) in [5, 5.41) is 3.55. The zero-order chi connectivity index (χ0) is 14.4. The first-order valence-electron chi connectivity index (χ1n) is 6.67. The molecule has 3 N–H and O–H groups in total. The highest BCUT2D eigenvalue weighted by atomic mass is 127. The zero-order valence-corrected chi connectivity index (χ0v) is 15.1. The van der Waals surface area contributed by atoms with Crippen LogP contribution in [0.5, 0.6) is 5.75 Å². The van der Waals surface area contributed by atoms with Gasteiger partial charge >= 0.3 is 0 Å². The molecule has 1 aliphatic heterocycles. The Kier molecular flexibility index (Phi) is 8.13. The largest absolute Gasteiger partial charge is 0.495 e. The summed E-state index contributed by atoms with van der Waals surface area (Å²) in [4.78, 5) is 4.34. The van der Waals surface area contributed by atoms with Crippen LogP contribution in [0.3, 0.4) is 0 Å². The zero-order valence-electron chi connectivity index (χ0n) is 12.0. The summed E-state index contributed by atoms with van der Waals surface area (Å²) in [6.07, 6.45) is 2.24. The van der Waals surface area contributed by atoms with Crippen LogP contribution in [0.4, 0.5) is 5.69 Å². The van der Waals surface area contributed by atoms with Crippen molar-refractivity contribution in [3.05, 3.63) is 23.2 Å². The van der Waals surface area contributed by atoms with Crippen LogP contribution < -0.4 is 15.8 Å². The number of nitrogens with one attached hydrogen (secondary N) is 1. The van der Waals surface area contributed by atoms with Crippen LogP contribution >= 0.6 is 35.6 Å². The SMILES string of the molecule is COc1ccc(NC(N)=NCC2CCCOC2)cc1Cl.I. The molecule has 0 aliphatic carbocycles. The van der Waals surface area contributed by atoms with E-state index in [-0.39, 0.29) is 24.0 Å². The number of nitrogens with two attached hydrogens (primary N) is 1. The molecule has 0 radical (unpaired) electrons. The number of nitrogens with zero attached hydrogens (tertiary/aromatic N) is 1. The Morgan fingerprint density at radius 3 is 3.00 bits per heavy atom. The van der Waals surface area contributed by atoms with E-state index in [0.717, 1.165) is 31.7 Å². The molecular formula is C14H21ClIN3O2. The summed E-state index contributed by atoms with van der Waals surface area (Å²) in [6.45, 7) is 2.31. The van der Waals surface area contributed by atoms with Crippen molar-refractivity contribution in [2.24, 2.45) is 16.6 Å². The van der Waals surface area contributed by atoms with E-state index in [0.29, 0.717) is 29.2 Å². The van der Waals surface area contributed by atoms with Crippen molar-refractivity contribution in [2.75, 3.05) is 32.2 Å². The molecule has 7 heteroatoms. The molecule has 118 valence electrons. The van der Waals surface area contributed by atoms with Gasteiger partial charge in [-0.2, -0.15) is 0 Å². The minimum atomic E-state index is 0. The quantitative estimate of drug-likeness (QED) is 0.442. The molecule has 1 aromatic carbocycles. The van der Waals surface area contributed by atoms with E-state index in [4.69, 9.17) is 26.8 Å². The first kappa shape index (κ1) is 18.3. The second-order valence-corrected chi connectivity index (χ2v) is 5.19. The molecule has 1 fully saturated rings. The highest BCUT2D eigenvalue weighted by molar-refractivity contribution is 14.0. The second kappa shape index (κ2) is 9.32. The van der Waals surface area contributed by atoms with Crippen molar-refractivity contribution in [3.8, 4) is 5.75 Å². The van der Waals surface area contributed by atoms with Crippen molar-refractivity contribution >= 4 is 47.2 Å². The third kappa shape index (κ3) is 5.88. The van der Waals surface area contributed by atoms with Crippen LogP contribution in [0, 0.1) is 5.92 Å². The van der Waals surface area contributed by atoms with Crippen LogP contribution in [0.1, 0.15) is 12.8 Å². The fourth-order valence-corrected chi connectivity index (χ4v) is 2.37. The molecule has 1 aromatic rings. The number of anilines is 1. The molecule has 1 atom stereocenters. The normalized spacial score (nSPS) is 18.8. The minimum absolute atomic E-state index is 0. The lowest BCUT2D eigenvalue weighted by molar-refractivity contribution is 0.0582. The van der Waals surface area contributed by atoms with Gasteiger partial charge in [-0.1, -0.05) is 11.6 Å². The van der Waals surface area contributed by atoms with Gasteiger partial charge in [0, 0.05) is 24.8 Å². The van der Waals surface area contributed by atoms with Crippen molar-refractivity contribution in [3.63, 3.8) is 0 Å². The highest BCUT2D eigenvalue weighted by Gasteiger charge is 2.13. The maximum Gasteiger partial charge on any atom is 0.193 e. The molecule has 0 amide bonds. The van der Waals surface area contributed by atoms with Crippen molar-refractivity contribution in [1.82, 2.24) is 0 Å². The van der Waals surface area contributed by atoms with Gasteiger partial charge in [-0.05, 0) is 31.0 Å². The molecule has 5 nitrogen and oxygen atoms in total. The molecule has 1 heterocycles. The predicted octanol–water partition coefficient (Wildman–Crippen LogP) is 3.12. The van der Waals surface area contributed by atoms with Gasteiger partial charge in [-0.15, -0.1) is 24.0 Å². The third-order valence-corrected chi connectivity index (χ3v) is 3.49. The summed E-state index contributed by atoms with van der Waals surface area (Å²) in [6, 6.07) is 5.39. The van der Waals surface area contributed by atoms with Gasteiger partial charge in [-0.25, -0.2) is 0 Å². The number of rotatable bonds is 4. The third-order valence-electron chi connectivity index (χ3n) is 3.20. The van der Waals surface area contributed by atoms with Crippen LogP contribution in [0.25, 0.3) is 0 Å². The monoisotopic (exact) mass is 425 g/mol. The lowest BCUT2D eigenvalue weighted by Gasteiger charge is -2.20. The van der Waals surface area contributed by atoms with E-state index in [1.165, 1.54) is 0 Å². The fourth-order valence-electron chi connectivity index (χ4n) is 2.11. The van der Waals surface area contributed by atoms with Crippen LogP contribution in [-0.2, 0) is 4.74 Å². The number of guanidine groups is 1. The van der Waals surface area contributed by atoms with E-state index in [2.05, 4.69) is 10.3 Å². The van der Waals surface area contributed by atoms with Gasteiger partial charge in [0.15, 0.2) is 5.96 Å². The van der Waals surface area contributed by atoms with Gasteiger partial charge in [0.05, 0.1) is 18.7 Å². The molecule has 0 spiro atoms. The summed E-state index contributed by atoms with van der Waals surface area (Å²) < 4.78 is 10.5. The standard InChI is InChI=1S/C14H20ClN3O2.HI/c1-19-13-5-4-11(7-12(13)15)18-14(16)17-8-10-3-2-6-20-9-10;/h4-5,7,10H,2-3,6,8-9H2,1H3,(H3,16,17,18);1H. The van der Waals surface area contributed by atoms with Gasteiger partial charge in [0.25, 0.3) is 0 Å². The fraction of sp³-hybridized carbons (Fsp3) is 0.500. The van der Waals surface area contributed by atoms with E-state index in [1.807, 2.05) is 6.07 Å². The number of hydrogen-bond acceptors (Lipinski definition) is 3. The summed E-state index contributed by atoms with van der Waals surface area (Å²) in [5.74, 6) is 1.48. The van der Waals surface area contributed by atoms with E-state index in [9.17, 15) is 0 Å². The molecular weight excluding hydrogens is 405 g/mol. The van der Waals surface area contributed by atoms with Gasteiger partial charge in [0.2, 0.25) is 0 Å². The van der Waals surface area contributed by atoms with E-state index in [1.54, 1.807) is 19.2 Å². The number of halogens is 2. The first-order chi connectivity index (χ1) is 9.69. The predicted molar refractivity (Wildman–Crippen MR) is 97.1 cm³/mol. The number of methoxy groups -OCH3 is 1. The Labute approximate surface area is 147 Å². The first-order valence-corrected chi connectivity index (χ1v) is 7.05. The molecule has 1 saturated heterocycles. The highest BCUT2D eigenvalue weighted by Crippen LogP contribution is 2.27. The number of aliphatic imine (C=N–C) groups is 1. The van der Waals surface area contributed by atoms with Crippen molar-refractivity contribution < 1.29 is 9.47 Å². The van der Waals surface area contributed by atoms with Gasteiger partial charge in [0.1, 0.15) is 5.75 Å². The topological polar surface area (TPSA) is 68.9 Å². The maximum absolute atomic E-state index is 6.05. The Hall–Kier alpha value is -0.730. The molecule has 21 heavy (non-hydrogen) atoms. The second-order valence-electron chi connectivity index (χ2n) is 4.78. The Bertz CT molecular complexity index is 479. The average Bonchev–Trinajstić information content (AvgIpc) is 2.46. The smallest absolute Gasteiger partial charge is 0.193 e. The Morgan fingerprint density at radius 1 is 1.57 bits per heavy atom. The van der Waals surface area contributed by atoms with Crippen LogP contribution in [0.2, 0.25) is 5.02 Å². The molecule has 1 aliphatic rings. The van der Waals surface area contributed by atoms with Crippen molar-refractivity contribution in [1.29, 1.82) is 0 Å². The summed E-state index contributed by atoms with van der Waals surface area (Å²) in [5.41, 5.74) is 6.66. The lowest BCUT2D eigenvalue weighted by atomic mass is 10.0. The molecule has 2 rings (SSSR count). The Morgan fingerprint density at radius 2 is 2.38 bits per heavy atom. The van der Waals surface area contributed by atoms with Crippen LogP contribution in [-0.4, -0.2) is 32.8 Å². The van der Waals surface area contributed by atoms with E-state index < -0.39 is 0 Å². The molecule has 1 unspecified atom stereocenters. The molecule has 0 bridgehead atoms. The van der Waals surface area contributed by atoms with Crippen LogP contribution in [0.15, 0.2) is 23.2 Å². The molecule has 0 saturated carbocycles. The number of ether oxygens (including phenoxy) is 2. The average molecular weight is 426 g/mol.